The minimum Gasteiger partial charge on any atom is -0.478 e. The third-order valence-electron chi connectivity index (χ3n) is 2.66. The second kappa shape index (κ2) is 3.73. The highest BCUT2D eigenvalue weighted by atomic mass is 16.5. The fourth-order valence-electron chi connectivity index (χ4n) is 2.00. The molecule has 0 saturated heterocycles. The zero-order chi connectivity index (χ0) is 12.7. The van der Waals surface area contributed by atoms with Crippen LogP contribution >= 0.6 is 0 Å². The number of aryl methyl sites for hydroxylation is 1. The number of fused-ring (bicyclic) bond motifs is 1. The van der Waals surface area contributed by atoms with Crippen molar-refractivity contribution < 1.29 is 14.4 Å². The van der Waals surface area contributed by atoms with Crippen LogP contribution in [0.4, 0.5) is 5.82 Å². The van der Waals surface area contributed by atoms with Crippen molar-refractivity contribution in [1.29, 1.82) is 0 Å². The van der Waals surface area contributed by atoms with Gasteiger partial charge >= 0.3 is 5.97 Å². The Labute approximate surface area is 97.4 Å². The molecule has 2 heterocycles. The fraction of sp³-hybridized carbons (Fsp3) is 0.364. The molecule has 0 spiro atoms. The molecule has 0 radical (unpaired) electrons. The van der Waals surface area contributed by atoms with Gasteiger partial charge in [-0.25, -0.2) is 9.78 Å². The van der Waals surface area contributed by atoms with Gasteiger partial charge in [-0.15, -0.1) is 0 Å². The summed E-state index contributed by atoms with van der Waals surface area (Å²) < 4.78 is 4.98. The van der Waals surface area contributed by atoms with Crippen LogP contribution in [0.25, 0.3) is 11.1 Å². The molecule has 90 valence electrons. The number of hydrogen-bond donors (Lipinski definition) is 2. The Morgan fingerprint density at radius 2 is 2.12 bits per heavy atom. The lowest BCUT2D eigenvalue weighted by atomic mass is 9.94. The van der Waals surface area contributed by atoms with E-state index in [1.165, 1.54) is 0 Å². The van der Waals surface area contributed by atoms with Gasteiger partial charge in [0, 0.05) is 0 Å². The Bertz CT molecular complexity index is 602. The molecule has 2 aromatic heterocycles. The van der Waals surface area contributed by atoms with Crippen molar-refractivity contribution >= 4 is 22.9 Å². The van der Waals surface area contributed by atoms with E-state index in [4.69, 9.17) is 10.3 Å². The number of aromatic carboxylic acids is 1. The monoisotopic (exact) mass is 235 g/mol. The molecular formula is C11H13N3O3. The van der Waals surface area contributed by atoms with Crippen molar-refractivity contribution in [2.24, 2.45) is 0 Å². The maximum Gasteiger partial charge on any atom is 0.337 e. The predicted octanol–water partition coefficient (Wildman–Crippen LogP) is 1.94. The van der Waals surface area contributed by atoms with E-state index in [9.17, 15) is 9.90 Å². The molecule has 0 amide bonds. The molecule has 0 bridgehead atoms. The molecule has 6 nitrogen and oxygen atoms in total. The van der Waals surface area contributed by atoms with Gasteiger partial charge in [0.25, 0.3) is 5.71 Å². The minimum absolute atomic E-state index is 0.00741. The van der Waals surface area contributed by atoms with Crippen LogP contribution in [0.15, 0.2) is 4.52 Å². The molecule has 2 rings (SSSR count). The zero-order valence-corrected chi connectivity index (χ0v) is 9.81. The van der Waals surface area contributed by atoms with Crippen LogP contribution in [0.3, 0.4) is 0 Å². The average Bonchev–Trinajstić information content (AvgIpc) is 2.57. The molecule has 0 fully saturated rings. The number of aromatic nitrogens is 2. The summed E-state index contributed by atoms with van der Waals surface area (Å²) in [5, 5.41) is 13.4. The summed E-state index contributed by atoms with van der Waals surface area (Å²) in [4.78, 5) is 15.4. The third kappa shape index (κ3) is 1.61. The van der Waals surface area contributed by atoms with Crippen LogP contribution in [0.5, 0.6) is 0 Å². The highest BCUT2D eigenvalue weighted by Crippen LogP contribution is 2.33. The summed E-state index contributed by atoms with van der Waals surface area (Å²) in [6.07, 6.45) is 0. The first kappa shape index (κ1) is 11.4. The highest BCUT2D eigenvalue weighted by Gasteiger charge is 2.24. The number of nitrogens with zero attached hydrogens (tertiary/aromatic N) is 2. The Hall–Kier alpha value is -2.11. The summed E-state index contributed by atoms with van der Waals surface area (Å²) in [5.41, 5.74) is 7.20. The number of nitrogen functional groups attached to an aromatic ring is 1. The fourth-order valence-corrected chi connectivity index (χ4v) is 2.00. The Kier molecular flexibility index (Phi) is 2.49. The lowest BCUT2D eigenvalue weighted by Crippen LogP contribution is -2.09. The Morgan fingerprint density at radius 1 is 1.47 bits per heavy atom. The van der Waals surface area contributed by atoms with Gasteiger partial charge in [0.2, 0.25) is 0 Å². The van der Waals surface area contributed by atoms with Crippen molar-refractivity contribution in [3.8, 4) is 0 Å². The minimum atomic E-state index is -1.01. The highest BCUT2D eigenvalue weighted by molar-refractivity contribution is 5.99. The second-order valence-electron chi connectivity index (χ2n) is 4.19. The van der Waals surface area contributed by atoms with Crippen LogP contribution in [0.1, 0.15) is 41.4 Å². The Balaban J connectivity index is 2.97. The predicted molar refractivity (Wildman–Crippen MR) is 62.0 cm³/mol. The molecule has 17 heavy (non-hydrogen) atoms. The van der Waals surface area contributed by atoms with E-state index >= 15 is 0 Å². The summed E-state index contributed by atoms with van der Waals surface area (Å²) in [5.74, 6) is -0.841. The van der Waals surface area contributed by atoms with Crippen LogP contribution in [-0.4, -0.2) is 21.2 Å². The number of pyridine rings is 1. The number of carbonyl (C=O) groups is 1. The van der Waals surface area contributed by atoms with Gasteiger partial charge in [-0.2, -0.15) is 0 Å². The molecule has 0 aromatic carbocycles. The molecule has 0 aliphatic rings. The average molecular weight is 235 g/mol. The van der Waals surface area contributed by atoms with Gasteiger partial charge in [0.1, 0.15) is 0 Å². The SMILES string of the molecule is Cc1nc2onc(N)c2c(C(C)C)c1C(=O)O. The lowest BCUT2D eigenvalue weighted by Gasteiger charge is -2.12. The molecule has 2 aromatic rings. The van der Waals surface area contributed by atoms with Gasteiger partial charge in [-0.1, -0.05) is 19.0 Å². The van der Waals surface area contributed by atoms with Gasteiger partial charge in [-0.3, -0.25) is 0 Å². The van der Waals surface area contributed by atoms with Gasteiger partial charge < -0.3 is 15.4 Å². The number of nitrogens with two attached hydrogens (primary N) is 1. The molecule has 0 aliphatic carbocycles. The maximum atomic E-state index is 11.3. The van der Waals surface area contributed by atoms with Crippen LogP contribution in [0.2, 0.25) is 0 Å². The van der Waals surface area contributed by atoms with Crippen molar-refractivity contribution in [2.75, 3.05) is 5.73 Å². The second-order valence-corrected chi connectivity index (χ2v) is 4.19. The van der Waals surface area contributed by atoms with Gasteiger partial charge in [0.05, 0.1) is 16.6 Å². The number of carboxylic acid groups (broad SMARTS) is 1. The van der Waals surface area contributed by atoms with Crippen molar-refractivity contribution in [1.82, 2.24) is 10.1 Å². The zero-order valence-electron chi connectivity index (χ0n) is 9.81. The number of hydrogen-bond acceptors (Lipinski definition) is 5. The molecule has 0 saturated carbocycles. The van der Waals surface area contributed by atoms with Crippen molar-refractivity contribution in [2.45, 2.75) is 26.7 Å². The summed E-state index contributed by atoms with van der Waals surface area (Å²) >= 11 is 0. The van der Waals surface area contributed by atoms with Gasteiger partial charge in [-0.05, 0) is 18.4 Å². The molecular weight excluding hydrogens is 222 g/mol. The summed E-state index contributed by atoms with van der Waals surface area (Å²) in [6, 6.07) is 0. The van der Waals surface area contributed by atoms with Crippen molar-refractivity contribution in [3.05, 3.63) is 16.8 Å². The molecule has 0 atom stereocenters. The number of rotatable bonds is 2. The maximum absolute atomic E-state index is 11.3. The molecule has 6 heteroatoms. The quantitative estimate of drug-likeness (QED) is 0.824. The molecule has 0 unspecified atom stereocenters. The first-order chi connectivity index (χ1) is 7.93. The van der Waals surface area contributed by atoms with Crippen molar-refractivity contribution in [3.63, 3.8) is 0 Å². The lowest BCUT2D eigenvalue weighted by molar-refractivity contribution is 0.0694. The van der Waals surface area contributed by atoms with Gasteiger partial charge in [0.15, 0.2) is 5.82 Å². The standard InChI is InChI=1S/C11H13N3O3/c1-4(2)6-7(11(15)16)5(3)13-10-8(6)9(12)14-17-10/h4H,1-3H3,(H2,12,14)(H,15,16). The van der Waals surface area contributed by atoms with E-state index < -0.39 is 5.97 Å². The van der Waals surface area contributed by atoms with E-state index in [1.54, 1.807) is 6.92 Å². The summed E-state index contributed by atoms with van der Waals surface area (Å²) in [6.45, 7) is 5.42. The van der Waals surface area contributed by atoms with Crippen LogP contribution < -0.4 is 5.73 Å². The van der Waals surface area contributed by atoms with E-state index in [-0.39, 0.29) is 23.0 Å². The van der Waals surface area contributed by atoms with E-state index in [0.29, 0.717) is 16.6 Å². The van der Waals surface area contributed by atoms with E-state index in [1.807, 2.05) is 13.8 Å². The van der Waals surface area contributed by atoms with Crippen LogP contribution in [0, 0.1) is 6.92 Å². The smallest absolute Gasteiger partial charge is 0.337 e. The van der Waals surface area contributed by atoms with E-state index in [2.05, 4.69) is 10.1 Å². The third-order valence-corrected chi connectivity index (χ3v) is 2.66. The van der Waals surface area contributed by atoms with E-state index in [0.717, 1.165) is 0 Å². The first-order valence-electron chi connectivity index (χ1n) is 5.22. The van der Waals surface area contributed by atoms with Crippen LogP contribution in [-0.2, 0) is 0 Å². The normalized spacial score (nSPS) is 11.3. The summed E-state index contributed by atoms with van der Waals surface area (Å²) in [7, 11) is 0. The number of carboxylic acids is 1. The first-order valence-corrected chi connectivity index (χ1v) is 5.22. The molecule has 0 aliphatic heterocycles. The topological polar surface area (TPSA) is 102 Å². The molecule has 3 N–H and O–H groups in total. The largest absolute Gasteiger partial charge is 0.478 e. The number of anilines is 1. The Morgan fingerprint density at radius 3 is 2.65 bits per heavy atom.